The van der Waals surface area contributed by atoms with Crippen LogP contribution in [0.15, 0.2) is 5.18 Å². The molecule has 0 unspecified atom stereocenters. The fourth-order valence-corrected chi connectivity index (χ4v) is 1.57. The SMILES string of the molecule is O=NCCOC(=O)CCCCCCCC(=O)OCCO. The van der Waals surface area contributed by atoms with E-state index in [9.17, 15) is 14.5 Å². The van der Waals surface area contributed by atoms with Gasteiger partial charge in [-0.05, 0) is 12.8 Å². The monoisotopic (exact) mass is 289 g/mol. The Morgan fingerprint density at radius 3 is 1.85 bits per heavy atom. The van der Waals surface area contributed by atoms with E-state index in [2.05, 4.69) is 5.18 Å². The maximum Gasteiger partial charge on any atom is 0.305 e. The molecule has 0 saturated heterocycles. The van der Waals surface area contributed by atoms with Crippen molar-refractivity contribution in [2.24, 2.45) is 5.18 Å². The van der Waals surface area contributed by atoms with Gasteiger partial charge in [-0.3, -0.25) is 9.59 Å². The first-order valence-corrected chi connectivity index (χ1v) is 6.92. The van der Waals surface area contributed by atoms with Crippen LogP contribution in [0.1, 0.15) is 44.9 Å². The van der Waals surface area contributed by atoms with Gasteiger partial charge in [-0.1, -0.05) is 24.4 Å². The highest BCUT2D eigenvalue weighted by Crippen LogP contribution is 2.08. The fraction of sp³-hybridized carbons (Fsp3) is 0.846. The van der Waals surface area contributed by atoms with Gasteiger partial charge in [-0.15, -0.1) is 0 Å². The average Bonchev–Trinajstić information content (AvgIpc) is 2.44. The van der Waals surface area contributed by atoms with E-state index in [1.54, 1.807) is 0 Å². The van der Waals surface area contributed by atoms with E-state index < -0.39 is 0 Å². The molecule has 0 atom stereocenters. The number of aliphatic hydroxyl groups excluding tert-OH is 1. The van der Waals surface area contributed by atoms with Crippen LogP contribution in [0, 0.1) is 4.91 Å². The average molecular weight is 289 g/mol. The molecular weight excluding hydrogens is 266 g/mol. The molecule has 0 aliphatic carbocycles. The number of hydrogen-bond acceptors (Lipinski definition) is 7. The highest BCUT2D eigenvalue weighted by molar-refractivity contribution is 5.69. The predicted molar refractivity (Wildman–Crippen MR) is 72.0 cm³/mol. The minimum atomic E-state index is -0.304. The maximum atomic E-state index is 11.1. The van der Waals surface area contributed by atoms with Gasteiger partial charge in [0.15, 0.2) is 0 Å². The van der Waals surface area contributed by atoms with Crippen molar-refractivity contribution in [3.8, 4) is 0 Å². The maximum absolute atomic E-state index is 11.1. The van der Waals surface area contributed by atoms with Crippen LogP contribution in [0.5, 0.6) is 0 Å². The molecule has 0 rings (SSSR count). The fourth-order valence-electron chi connectivity index (χ4n) is 1.57. The number of esters is 2. The van der Waals surface area contributed by atoms with Crippen LogP contribution in [0.25, 0.3) is 0 Å². The van der Waals surface area contributed by atoms with Gasteiger partial charge in [0.1, 0.15) is 19.8 Å². The van der Waals surface area contributed by atoms with Gasteiger partial charge < -0.3 is 14.6 Å². The van der Waals surface area contributed by atoms with E-state index in [0.717, 1.165) is 32.1 Å². The second kappa shape index (κ2) is 13.9. The lowest BCUT2D eigenvalue weighted by Crippen LogP contribution is -2.08. The summed E-state index contributed by atoms with van der Waals surface area (Å²) in [6.45, 7) is -0.0400. The number of rotatable bonds is 13. The number of nitroso groups, excluding NO2 is 1. The lowest BCUT2D eigenvalue weighted by Gasteiger charge is -2.03. The molecule has 0 bridgehead atoms. The molecule has 7 heteroatoms. The molecule has 0 aromatic heterocycles. The van der Waals surface area contributed by atoms with Gasteiger partial charge in [0, 0.05) is 12.8 Å². The Hall–Kier alpha value is -1.50. The van der Waals surface area contributed by atoms with Crippen molar-refractivity contribution in [3.63, 3.8) is 0 Å². The van der Waals surface area contributed by atoms with Crippen molar-refractivity contribution >= 4 is 11.9 Å². The molecule has 20 heavy (non-hydrogen) atoms. The van der Waals surface area contributed by atoms with Crippen molar-refractivity contribution in [1.29, 1.82) is 0 Å². The highest BCUT2D eigenvalue weighted by Gasteiger charge is 2.04. The summed E-state index contributed by atoms with van der Waals surface area (Å²) in [4.78, 5) is 32.0. The molecule has 116 valence electrons. The van der Waals surface area contributed by atoms with Crippen LogP contribution in [0.2, 0.25) is 0 Å². The van der Waals surface area contributed by atoms with E-state index in [1.807, 2.05) is 0 Å². The van der Waals surface area contributed by atoms with Crippen molar-refractivity contribution in [2.75, 3.05) is 26.4 Å². The van der Waals surface area contributed by atoms with Crippen molar-refractivity contribution in [1.82, 2.24) is 0 Å². The van der Waals surface area contributed by atoms with E-state index in [-0.39, 0.29) is 38.3 Å². The van der Waals surface area contributed by atoms with Gasteiger partial charge in [0.2, 0.25) is 0 Å². The van der Waals surface area contributed by atoms with Gasteiger partial charge >= 0.3 is 11.9 Å². The van der Waals surface area contributed by atoms with Crippen LogP contribution < -0.4 is 0 Å². The third-order valence-corrected chi connectivity index (χ3v) is 2.56. The second-order valence-corrected chi connectivity index (χ2v) is 4.29. The number of aliphatic hydroxyl groups is 1. The quantitative estimate of drug-likeness (QED) is 0.313. The van der Waals surface area contributed by atoms with Gasteiger partial charge in [-0.2, -0.15) is 4.91 Å². The number of hydrogen-bond donors (Lipinski definition) is 1. The zero-order chi connectivity index (χ0) is 15.1. The van der Waals surface area contributed by atoms with E-state index in [1.165, 1.54) is 0 Å². The summed E-state index contributed by atoms with van der Waals surface area (Å²) in [6.07, 6.45) is 4.93. The lowest BCUT2D eigenvalue weighted by molar-refractivity contribution is -0.145. The Labute approximate surface area is 118 Å². The first-order chi connectivity index (χ1) is 9.70. The molecule has 0 fully saturated rings. The summed E-state index contributed by atoms with van der Waals surface area (Å²) in [5.41, 5.74) is 0. The summed E-state index contributed by atoms with van der Waals surface area (Å²) in [5.74, 6) is -0.590. The zero-order valence-corrected chi connectivity index (χ0v) is 11.7. The number of ether oxygens (including phenoxy) is 2. The molecule has 0 radical (unpaired) electrons. The summed E-state index contributed by atoms with van der Waals surface area (Å²) < 4.78 is 9.48. The summed E-state index contributed by atoms with van der Waals surface area (Å²) in [5, 5.41) is 11.1. The molecule has 0 amide bonds. The van der Waals surface area contributed by atoms with Crippen LogP contribution >= 0.6 is 0 Å². The molecule has 0 aromatic rings. The molecule has 7 nitrogen and oxygen atoms in total. The topological polar surface area (TPSA) is 102 Å². The summed E-state index contributed by atoms with van der Waals surface area (Å²) in [6, 6.07) is 0. The first kappa shape index (κ1) is 18.5. The summed E-state index contributed by atoms with van der Waals surface area (Å²) in [7, 11) is 0. The smallest absolute Gasteiger partial charge is 0.305 e. The van der Waals surface area contributed by atoms with Crippen LogP contribution in [-0.2, 0) is 19.1 Å². The molecule has 0 aromatic carbocycles. The molecule has 1 N–H and O–H groups in total. The largest absolute Gasteiger partial charge is 0.464 e. The standard InChI is InChI=1S/C13H23NO6/c15-9-11-20-13(17)7-5-3-1-2-4-6-12(16)19-10-8-14-18/h15H,1-11H2. The van der Waals surface area contributed by atoms with Crippen LogP contribution in [0.4, 0.5) is 0 Å². The molecule has 0 aliphatic heterocycles. The number of unbranched alkanes of at least 4 members (excludes halogenated alkanes) is 4. The van der Waals surface area contributed by atoms with E-state index >= 15 is 0 Å². The summed E-state index contributed by atoms with van der Waals surface area (Å²) >= 11 is 0. The third-order valence-electron chi connectivity index (χ3n) is 2.56. The lowest BCUT2D eigenvalue weighted by atomic mass is 10.1. The number of carbonyl (C=O) groups excluding carboxylic acids is 2. The highest BCUT2D eigenvalue weighted by atomic mass is 16.5. The van der Waals surface area contributed by atoms with E-state index in [0.29, 0.717) is 12.8 Å². The molecule has 0 saturated carbocycles. The Morgan fingerprint density at radius 2 is 1.35 bits per heavy atom. The number of nitrogens with zero attached hydrogens (tertiary/aromatic N) is 1. The molecule has 0 aliphatic rings. The Kier molecular flexibility index (Phi) is 12.9. The molecule has 0 heterocycles. The van der Waals surface area contributed by atoms with Gasteiger partial charge in [0.25, 0.3) is 0 Å². The van der Waals surface area contributed by atoms with Crippen LogP contribution in [-0.4, -0.2) is 43.4 Å². The predicted octanol–water partition coefficient (Wildman–Crippen LogP) is 1.56. The number of carbonyl (C=O) groups is 2. The zero-order valence-electron chi connectivity index (χ0n) is 11.7. The van der Waals surface area contributed by atoms with Gasteiger partial charge in [-0.25, -0.2) is 0 Å². The molecular formula is C13H23NO6. The van der Waals surface area contributed by atoms with Crippen molar-refractivity contribution in [2.45, 2.75) is 44.9 Å². The Morgan fingerprint density at radius 1 is 0.850 bits per heavy atom. The normalized spacial score (nSPS) is 10.1. The van der Waals surface area contributed by atoms with E-state index in [4.69, 9.17) is 14.6 Å². The van der Waals surface area contributed by atoms with Crippen LogP contribution in [0.3, 0.4) is 0 Å². The minimum absolute atomic E-state index is 0.00186. The third kappa shape index (κ3) is 12.9. The van der Waals surface area contributed by atoms with Crippen molar-refractivity contribution in [3.05, 3.63) is 4.91 Å². The molecule has 0 spiro atoms. The Balaban J connectivity index is 3.25. The van der Waals surface area contributed by atoms with Gasteiger partial charge in [0.05, 0.1) is 6.61 Å². The first-order valence-electron chi connectivity index (χ1n) is 6.92. The second-order valence-electron chi connectivity index (χ2n) is 4.29. The Bertz CT molecular complexity index is 282. The van der Waals surface area contributed by atoms with Crippen molar-refractivity contribution < 1.29 is 24.2 Å². The minimum Gasteiger partial charge on any atom is -0.464 e.